The molecule has 0 aliphatic carbocycles. The van der Waals surface area contributed by atoms with Gasteiger partial charge in [0.25, 0.3) is 0 Å². The molecule has 5 heteroatoms. The van der Waals surface area contributed by atoms with Crippen molar-refractivity contribution in [3.63, 3.8) is 0 Å². The molecule has 0 aliphatic rings. The minimum absolute atomic E-state index is 0.259. The fourth-order valence-corrected chi connectivity index (χ4v) is 5.49. The second-order valence-electron chi connectivity index (χ2n) is 15.0. The fraction of sp³-hybridized carbons (Fsp3) is 0.606. The van der Waals surface area contributed by atoms with Crippen molar-refractivity contribution in [3.05, 3.63) is 57.6 Å². The predicted molar refractivity (Wildman–Crippen MR) is 162 cm³/mol. The van der Waals surface area contributed by atoms with Gasteiger partial charge >= 0.3 is 5.97 Å². The zero-order valence-corrected chi connectivity index (χ0v) is 26.6. The number of aromatic hydroxyl groups is 2. The summed E-state index contributed by atoms with van der Waals surface area (Å²) >= 11 is 4.66. The Balaban J connectivity index is 3.17. The topological polar surface area (TPSA) is 77.8 Å². The largest absolute Gasteiger partial charge is 0.507 e. The molecule has 2 rings (SSSR count). The number of hydrogen-bond acceptors (Lipinski definition) is 4. The van der Waals surface area contributed by atoms with E-state index in [0.717, 1.165) is 33.4 Å². The molecule has 2 atom stereocenters. The summed E-state index contributed by atoms with van der Waals surface area (Å²) in [7, 11) is 0. The van der Waals surface area contributed by atoms with Gasteiger partial charge in [0.2, 0.25) is 0 Å². The van der Waals surface area contributed by atoms with E-state index in [1.165, 1.54) is 0 Å². The van der Waals surface area contributed by atoms with Gasteiger partial charge in [0.05, 0.1) is 5.92 Å². The number of carboxylic acid groups (broad SMARTS) is 1. The molecule has 2 unspecified atom stereocenters. The van der Waals surface area contributed by atoms with E-state index in [-0.39, 0.29) is 33.2 Å². The zero-order chi connectivity index (χ0) is 29.8. The highest BCUT2D eigenvalue weighted by Gasteiger charge is 2.38. The lowest BCUT2D eigenvalue weighted by atomic mass is 9.71. The van der Waals surface area contributed by atoms with Crippen molar-refractivity contribution < 1.29 is 20.1 Å². The lowest BCUT2D eigenvalue weighted by Gasteiger charge is -2.34. The number of thiol groups is 1. The summed E-state index contributed by atoms with van der Waals surface area (Å²) in [4.78, 5) is 12.8. The Hall–Kier alpha value is -2.14. The van der Waals surface area contributed by atoms with Crippen molar-refractivity contribution in [2.24, 2.45) is 5.92 Å². The number of benzene rings is 2. The number of carboxylic acids is 1. The minimum atomic E-state index is -0.928. The average molecular weight is 543 g/mol. The summed E-state index contributed by atoms with van der Waals surface area (Å²) in [5.74, 6) is -1.80. The highest BCUT2D eigenvalue weighted by molar-refractivity contribution is 7.81. The summed E-state index contributed by atoms with van der Waals surface area (Å²) in [6.07, 6.45) is 0. The van der Waals surface area contributed by atoms with E-state index in [1.54, 1.807) is 0 Å². The van der Waals surface area contributed by atoms with Crippen molar-refractivity contribution in [2.45, 2.75) is 123 Å². The maximum atomic E-state index is 12.8. The molecule has 212 valence electrons. The van der Waals surface area contributed by atoms with Crippen LogP contribution in [0.1, 0.15) is 129 Å². The highest BCUT2D eigenvalue weighted by Crippen LogP contribution is 2.47. The molecule has 0 bridgehead atoms. The van der Waals surface area contributed by atoms with E-state index in [0.29, 0.717) is 0 Å². The summed E-state index contributed by atoms with van der Waals surface area (Å²) in [5.41, 5.74) is 3.34. The van der Waals surface area contributed by atoms with Crippen molar-refractivity contribution in [1.82, 2.24) is 0 Å². The van der Waals surface area contributed by atoms with E-state index in [9.17, 15) is 20.1 Å². The molecule has 0 saturated carbocycles. The molecule has 0 aliphatic heterocycles. The van der Waals surface area contributed by atoms with Crippen LogP contribution < -0.4 is 0 Å². The molecule has 2 aromatic carbocycles. The van der Waals surface area contributed by atoms with Crippen LogP contribution in [0.2, 0.25) is 0 Å². The lowest BCUT2D eigenvalue weighted by Crippen LogP contribution is -2.31. The van der Waals surface area contributed by atoms with Gasteiger partial charge in [-0.2, -0.15) is 12.6 Å². The molecular formula is C33H50O4S. The molecule has 0 heterocycles. The molecule has 0 fully saturated rings. The molecule has 0 radical (unpaired) electrons. The van der Waals surface area contributed by atoms with Gasteiger partial charge in [-0.3, -0.25) is 4.79 Å². The number of rotatable bonds is 5. The van der Waals surface area contributed by atoms with E-state index in [1.807, 2.05) is 31.2 Å². The first-order chi connectivity index (χ1) is 16.9. The molecule has 0 saturated heterocycles. The monoisotopic (exact) mass is 542 g/mol. The number of aliphatic carboxylic acids is 1. The Morgan fingerprint density at radius 3 is 1.03 bits per heavy atom. The Labute approximate surface area is 236 Å². The number of hydrogen-bond donors (Lipinski definition) is 4. The Morgan fingerprint density at radius 1 is 0.632 bits per heavy atom. The summed E-state index contributed by atoms with van der Waals surface area (Å²) in [6, 6.07) is 7.90. The average Bonchev–Trinajstić information content (AvgIpc) is 2.68. The first kappa shape index (κ1) is 32.1. The normalized spacial score (nSPS) is 15.0. The van der Waals surface area contributed by atoms with Crippen LogP contribution in [0.15, 0.2) is 24.3 Å². The Morgan fingerprint density at radius 2 is 0.868 bits per heavy atom. The molecule has 3 N–H and O–H groups in total. The molecular weight excluding hydrogens is 492 g/mol. The molecule has 0 spiro atoms. The summed E-state index contributed by atoms with van der Waals surface area (Å²) in [5, 5.41) is 32.8. The van der Waals surface area contributed by atoms with Crippen molar-refractivity contribution in [3.8, 4) is 11.5 Å². The van der Waals surface area contributed by atoms with Crippen molar-refractivity contribution in [1.29, 1.82) is 0 Å². The maximum absolute atomic E-state index is 12.8. The van der Waals surface area contributed by atoms with Gasteiger partial charge in [-0.05, 0) is 55.0 Å². The fourth-order valence-electron chi connectivity index (χ4n) is 5.19. The van der Waals surface area contributed by atoms with Crippen molar-refractivity contribution >= 4 is 18.6 Å². The van der Waals surface area contributed by atoms with E-state index >= 15 is 0 Å². The Kier molecular flexibility index (Phi) is 8.82. The summed E-state index contributed by atoms with van der Waals surface area (Å²) in [6.45, 7) is 26.5. The van der Waals surface area contributed by atoms with Gasteiger partial charge in [0, 0.05) is 11.2 Å². The van der Waals surface area contributed by atoms with Crippen LogP contribution in [0.5, 0.6) is 11.5 Å². The van der Waals surface area contributed by atoms with E-state index in [4.69, 9.17) is 0 Å². The van der Waals surface area contributed by atoms with Crippen LogP contribution in [-0.2, 0) is 26.5 Å². The number of phenols is 2. The zero-order valence-electron chi connectivity index (χ0n) is 25.7. The number of carbonyl (C=O) groups is 1. The van der Waals surface area contributed by atoms with Crippen LogP contribution in [-0.4, -0.2) is 26.5 Å². The molecule has 4 nitrogen and oxygen atoms in total. The van der Waals surface area contributed by atoms with Crippen LogP contribution in [0, 0.1) is 5.92 Å². The second-order valence-corrected chi connectivity index (χ2v) is 15.8. The second kappa shape index (κ2) is 10.4. The molecule has 0 aromatic heterocycles. The first-order valence-electron chi connectivity index (χ1n) is 13.6. The molecule has 0 amide bonds. The van der Waals surface area contributed by atoms with Crippen LogP contribution in [0.3, 0.4) is 0 Å². The van der Waals surface area contributed by atoms with Gasteiger partial charge < -0.3 is 15.3 Å². The minimum Gasteiger partial charge on any atom is -0.507 e. The third kappa shape index (κ3) is 6.70. The van der Waals surface area contributed by atoms with Gasteiger partial charge in [0.1, 0.15) is 11.5 Å². The predicted octanol–water partition coefficient (Wildman–Crippen LogP) is 8.44. The lowest BCUT2D eigenvalue weighted by molar-refractivity contribution is -0.142. The van der Waals surface area contributed by atoms with Gasteiger partial charge in [-0.15, -0.1) is 0 Å². The first-order valence-corrected chi connectivity index (χ1v) is 14.1. The van der Waals surface area contributed by atoms with E-state index in [2.05, 4.69) is 95.7 Å². The smallest absolute Gasteiger partial charge is 0.308 e. The van der Waals surface area contributed by atoms with E-state index < -0.39 is 23.1 Å². The highest BCUT2D eigenvalue weighted by atomic mass is 32.1. The van der Waals surface area contributed by atoms with Gasteiger partial charge in [-0.25, -0.2) is 0 Å². The molecule has 2 aromatic rings. The van der Waals surface area contributed by atoms with Crippen molar-refractivity contribution in [2.75, 3.05) is 0 Å². The molecule has 38 heavy (non-hydrogen) atoms. The SMILES string of the molecule is CC(S)C(C(=O)O)C(c1cc(C(C)(C)C)c(O)c(C(C)(C)C)c1)c1cc(C(C)(C)C)c(O)c(C(C)(C)C)c1. The number of phenolic OH excluding ortho intramolecular Hbond substituents is 2. The maximum Gasteiger partial charge on any atom is 0.308 e. The third-order valence-corrected chi connectivity index (χ3v) is 7.70. The van der Waals surface area contributed by atoms with Crippen LogP contribution in [0.4, 0.5) is 0 Å². The van der Waals surface area contributed by atoms with Crippen LogP contribution in [0.25, 0.3) is 0 Å². The van der Waals surface area contributed by atoms with Gasteiger partial charge in [0.15, 0.2) is 0 Å². The Bertz CT molecular complexity index is 1030. The quantitative estimate of drug-likeness (QED) is 0.286. The van der Waals surface area contributed by atoms with Gasteiger partial charge in [-0.1, -0.05) is 114 Å². The van der Waals surface area contributed by atoms with Crippen LogP contribution >= 0.6 is 12.6 Å². The third-order valence-electron chi connectivity index (χ3n) is 7.38. The standard InChI is InChI=1S/C33H50O4S/c1-18(38)25(29(36)37)26(19-14-21(30(2,3)4)27(34)22(15-19)31(5,6)7)20-16-23(32(8,9)10)28(35)24(17-20)33(11,12)13/h14-18,25-26,34-35,38H,1-13H3,(H,36,37). The summed E-state index contributed by atoms with van der Waals surface area (Å²) < 4.78 is 0.